The summed E-state index contributed by atoms with van der Waals surface area (Å²) in [7, 11) is 3.27. The van der Waals surface area contributed by atoms with E-state index < -0.39 is 12.4 Å². The monoisotopic (exact) mass is 763 g/mol. The van der Waals surface area contributed by atoms with Crippen molar-refractivity contribution in [2.45, 2.75) is 5.41 Å². The van der Waals surface area contributed by atoms with E-state index in [9.17, 15) is 0 Å². The molecule has 1 heterocycles. The average molecular weight is 764 g/mol. The van der Waals surface area contributed by atoms with Crippen LogP contribution in [0.4, 0.5) is 0 Å². The van der Waals surface area contributed by atoms with Gasteiger partial charge in [-0.1, -0.05) is 176 Å². The Kier molecular flexibility index (Phi) is 8.01. The van der Waals surface area contributed by atoms with E-state index in [1.807, 2.05) is 0 Å². The molecule has 2 aliphatic rings. The van der Waals surface area contributed by atoms with Gasteiger partial charge in [0.25, 0.3) is 0 Å². The number of hydrogen-bond donors (Lipinski definition) is 0. The van der Waals surface area contributed by atoms with Gasteiger partial charge in [-0.15, -0.1) is 0 Å². The molecule has 0 saturated heterocycles. The summed E-state index contributed by atoms with van der Waals surface area (Å²) in [6.07, 6.45) is 0. The number of rotatable bonds is 6. The van der Waals surface area contributed by atoms with Crippen LogP contribution in [0.5, 0.6) is 0 Å². The standard InChI is InChI=1S/C53H37N2P2/c56-57(40-18-6-2-7-19-40,41-20-8-3-9-21-41)42-34-32-37(33-35-42)36-28-30-39(31-29-36)52-54-50(38-16-4-1-5-17-38)49-45-24-12-15-27-48(45)53(51(49)55-52)46-25-13-10-22-43(46)44-23-11-14-26-47(44)53/h1-35H,56H2/q+1. The molecular formula is C53H37N2P2+. The lowest BCUT2D eigenvalue weighted by atomic mass is 9.72. The van der Waals surface area contributed by atoms with E-state index in [0.717, 1.165) is 39.5 Å². The van der Waals surface area contributed by atoms with Crippen LogP contribution in [0.1, 0.15) is 22.4 Å². The highest BCUT2D eigenvalue weighted by molar-refractivity contribution is 8.36. The molecule has 9 aromatic rings. The van der Waals surface area contributed by atoms with Crippen LogP contribution in [-0.4, -0.2) is 9.97 Å². The van der Waals surface area contributed by atoms with Crippen LogP contribution in [0.25, 0.3) is 56.0 Å². The Morgan fingerprint density at radius 1 is 0.351 bits per heavy atom. The van der Waals surface area contributed by atoms with E-state index in [0.29, 0.717) is 0 Å². The van der Waals surface area contributed by atoms with E-state index in [2.05, 4.69) is 221 Å². The second-order valence-corrected chi connectivity index (χ2v) is 20.2. The lowest BCUT2D eigenvalue weighted by Gasteiger charge is -2.29. The van der Waals surface area contributed by atoms with Crippen molar-refractivity contribution in [1.29, 1.82) is 0 Å². The molecule has 11 rings (SSSR count). The Morgan fingerprint density at radius 3 is 1.30 bits per heavy atom. The van der Waals surface area contributed by atoms with Gasteiger partial charge in [0.2, 0.25) is 0 Å². The Hall–Kier alpha value is -6.30. The fraction of sp³-hybridized carbons (Fsp3) is 0.0189. The topological polar surface area (TPSA) is 25.8 Å². The van der Waals surface area contributed by atoms with Crippen molar-refractivity contribution >= 4 is 31.8 Å². The molecule has 2 aliphatic carbocycles. The smallest absolute Gasteiger partial charge is 0.160 e. The number of aromatic nitrogens is 2. The molecule has 0 N–H and O–H groups in total. The maximum atomic E-state index is 5.65. The molecular weight excluding hydrogens is 727 g/mol. The van der Waals surface area contributed by atoms with Crippen LogP contribution >= 0.6 is 15.9 Å². The number of hydrogen-bond acceptors (Lipinski definition) is 2. The summed E-state index contributed by atoms with van der Waals surface area (Å²) in [6, 6.07) is 77.0. The first-order valence-electron chi connectivity index (χ1n) is 19.4. The van der Waals surface area contributed by atoms with E-state index >= 15 is 0 Å². The van der Waals surface area contributed by atoms with Crippen LogP contribution in [0.15, 0.2) is 212 Å². The summed E-state index contributed by atoms with van der Waals surface area (Å²) in [5.74, 6) is 0.729. The summed E-state index contributed by atoms with van der Waals surface area (Å²) >= 11 is 0. The zero-order valence-corrected chi connectivity index (χ0v) is 33.2. The van der Waals surface area contributed by atoms with Gasteiger partial charge in [-0.3, -0.25) is 0 Å². The minimum atomic E-state index is -1.90. The Balaban J connectivity index is 1.05. The molecule has 2 nitrogen and oxygen atoms in total. The van der Waals surface area contributed by atoms with Gasteiger partial charge in [-0.05, 0) is 80.9 Å². The molecule has 1 spiro atoms. The molecule has 4 heteroatoms. The highest BCUT2D eigenvalue weighted by Gasteiger charge is 2.54. The summed E-state index contributed by atoms with van der Waals surface area (Å²) in [5, 5.41) is 4.02. The summed E-state index contributed by atoms with van der Waals surface area (Å²) in [4.78, 5) is 11.1. The highest BCUT2D eigenvalue weighted by atomic mass is 32.1. The molecule has 0 fully saturated rings. The Bertz CT molecular complexity index is 2860. The lowest BCUT2D eigenvalue weighted by Crippen LogP contribution is -2.27. The molecule has 0 aliphatic heterocycles. The fourth-order valence-electron chi connectivity index (χ4n) is 9.33. The van der Waals surface area contributed by atoms with Gasteiger partial charge >= 0.3 is 0 Å². The molecule has 8 aromatic carbocycles. The van der Waals surface area contributed by atoms with Crippen molar-refractivity contribution in [2.24, 2.45) is 0 Å². The van der Waals surface area contributed by atoms with Crippen LogP contribution in [0, 0.1) is 0 Å². The van der Waals surface area contributed by atoms with Crippen molar-refractivity contribution < 1.29 is 0 Å². The van der Waals surface area contributed by atoms with Gasteiger partial charge in [0.1, 0.15) is 22.9 Å². The normalized spacial score (nSPS) is 13.1. The highest BCUT2D eigenvalue weighted by Crippen LogP contribution is 2.64. The molecule has 0 bridgehead atoms. The molecule has 1 aromatic heterocycles. The summed E-state index contributed by atoms with van der Waals surface area (Å²) in [5.41, 5.74) is 14.5. The van der Waals surface area contributed by atoms with Crippen LogP contribution in [0.3, 0.4) is 0 Å². The molecule has 268 valence electrons. The number of fused-ring (bicyclic) bond motifs is 10. The van der Waals surface area contributed by atoms with Crippen molar-refractivity contribution in [1.82, 2.24) is 9.97 Å². The second-order valence-electron chi connectivity index (χ2n) is 14.9. The van der Waals surface area contributed by atoms with E-state index in [-0.39, 0.29) is 0 Å². The van der Waals surface area contributed by atoms with Gasteiger partial charge < -0.3 is 0 Å². The first-order valence-corrected chi connectivity index (χ1v) is 22.8. The molecule has 0 saturated carbocycles. The van der Waals surface area contributed by atoms with Crippen LogP contribution in [0.2, 0.25) is 0 Å². The van der Waals surface area contributed by atoms with Crippen molar-refractivity contribution in [3.8, 4) is 56.0 Å². The molecule has 1 atom stereocenters. The van der Waals surface area contributed by atoms with Crippen molar-refractivity contribution in [3.05, 3.63) is 235 Å². The van der Waals surface area contributed by atoms with E-state index in [4.69, 9.17) is 9.97 Å². The van der Waals surface area contributed by atoms with E-state index in [1.165, 1.54) is 54.9 Å². The van der Waals surface area contributed by atoms with Gasteiger partial charge in [-0.25, -0.2) is 9.97 Å². The maximum Gasteiger partial charge on any atom is 0.160 e. The second kappa shape index (κ2) is 13.4. The zero-order valence-electron chi connectivity index (χ0n) is 31.1. The lowest BCUT2D eigenvalue weighted by molar-refractivity contribution is 0.758. The van der Waals surface area contributed by atoms with Crippen LogP contribution < -0.4 is 15.9 Å². The number of benzene rings is 8. The third-order valence-corrected chi connectivity index (χ3v) is 18.0. The largest absolute Gasteiger partial charge is 0.231 e. The minimum absolute atomic E-state index is 0.559. The molecule has 0 radical (unpaired) electrons. The van der Waals surface area contributed by atoms with Gasteiger partial charge in [0.15, 0.2) is 5.82 Å². The molecule has 1 unspecified atom stereocenters. The maximum absolute atomic E-state index is 5.65. The first-order chi connectivity index (χ1) is 28.2. The van der Waals surface area contributed by atoms with Gasteiger partial charge in [0, 0.05) is 25.6 Å². The third-order valence-electron chi connectivity index (χ3n) is 11.9. The SMILES string of the molecule is P[P+](c1ccccc1)(c1ccccc1)c1ccc(-c2ccc(-c3nc(-c4ccccc4)c4c(n3)C3(c5ccccc5-c5ccccc53)c3ccccc3-4)cc2)cc1. The molecule has 0 amide bonds. The van der Waals surface area contributed by atoms with Crippen LogP contribution in [-0.2, 0) is 5.41 Å². The van der Waals surface area contributed by atoms with E-state index in [1.54, 1.807) is 0 Å². The summed E-state index contributed by atoms with van der Waals surface area (Å²) < 4.78 is 0. The third kappa shape index (κ3) is 5.11. The van der Waals surface area contributed by atoms with Gasteiger partial charge in [0.05, 0.1) is 16.8 Å². The van der Waals surface area contributed by atoms with Gasteiger partial charge in [-0.2, -0.15) is 0 Å². The minimum Gasteiger partial charge on any atom is -0.231 e. The fourth-order valence-corrected chi connectivity index (χ4v) is 13.7. The summed E-state index contributed by atoms with van der Waals surface area (Å²) in [6.45, 7) is -1.90. The Labute approximate surface area is 336 Å². The first kappa shape index (κ1) is 34.0. The Morgan fingerprint density at radius 2 is 0.754 bits per heavy atom. The van der Waals surface area contributed by atoms with Crippen molar-refractivity contribution in [2.75, 3.05) is 0 Å². The predicted molar refractivity (Wildman–Crippen MR) is 243 cm³/mol. The average Bonchev–Trinajstić information content (AvgIpc) is 3.77. The quantitative estimate of drug-likeness (QED) is 0.158. The zero-order chi connectivity index (χ0) is 38.0. The van der Waals surface area contributed by atoms with Crippen molar-refractivity contribution in [3.63, 3.8) is 0 Å². The number of nitrogens with zero attached hydrogens (tertiary/aromatic N) is 2. The predicted octanol–water partition coefficient (Wildman–Crippen LogP) is 11.9. The molecule has 57 heavy (non-hydrogen) atoms.